The van der Waals surface area contributed by atoms with Crippen molar-refractivity contribution in [2.75, 3.05) is 44.7 Å². The van der Waals surface area contributed by atoms with Crippen molar-refractivity contribution in [3.8, 4) is 0 Å². The zero-order valence-electron chi connectivity index (χ0n) is 15.0. The second-order valence-electron chi connectivity index (χ2n) is 6.13. The van der Waals surface area contributed by atoms with Crippen LogP contribution in [-0.2, 0) is 9.53 Å². The van der Waals surface area contributed by atoms with E-state index in [1.54, 1.807) is 7.11 Å². The third kappa shape index (κ3) is 5.01. The summed E-state index contributed by atoms with van der Waals surface area (Å²) in [5.74, 6) is 0.0835. The molecule has 9 heteroatoms. The highest BCUT2D eigenvalue weighted by Crippen LogP contribution is 2.23. The molecule has 0 aliphatic carbocycles. The number of hydrogen-bond donors (Lipinski definition) is 1. The molecule has 2 aromatic rings. The van der Waals surface area contributed by atoms with E-state index >= 15 is 0 Å². The van der Waals surface area contributed by atoms with Crippen LogP contribution in [0.2, 0.25) is 0 Å². The number of hydrogen-bond acceptors (Lipinski definition) is 6. The predicted octanol–water partition coefficient (Wildman–Crippen LogP) is 1.99. The molecule has 1 atom stereocenters. The third-order valence-corrected chi connectivity index (χ3v) is 4.43. The molecule has 2 heterocycles. The lowest BCUT2D eigenvalue weighted by Crippen LogP contribution is -2.49. The molecule has 0 bridgehead atoms. The van der Waals surface area contributed by atoms with Crippen LogP contribution in [0.1, 0.15) is 12.0 Å². The van der Waals surface area contributed by atoms with E-state index < -0.39 is 0 Å². The number of nitrogens with zero attached hydrogens (tertiary/aromatic N) is 3. The first-order valence-corrected chi connectivity index (χ1v) is 8.23. The molecule has 1 aliphatic rings. The molecule has 1 unspecified atom stereocenters. The fourth-order valence-electron chi connectivity index (χ4n) is 2.89. The number of rotatable bonds is 5. The van der Waals surface area contributed by atoms with E-state index in [1.807, 2.05) is 30.0 Å². The summed E-state index contributed by atoms with van der Waals surface area (Å²) >= 11 is 0. The van der Waals surface area contributed by atoms with E-state index in [0.29, 0.717) is 45.2 Å². The zero-order chi connectivity index (χ0) is 17.1. The topological polar surface area (TPSA) is 84.8 Å². The number of amides is 1. The van der Waals surface area contributed by atoms with Crippen molar-refractivity contribution in [3.05, 3.63) is 23.8 Å². The number of anilines is 1. The number of piperazine rings is 1. The maximum absolute atomic E-state index is 12.3. The van der Waals surface area contributed by atoms with Gasteiger partial charge in [-0.2, -0.15) is 4.98 Å². The Balaban J connectivity index is 0.00000169. The van der Waals surface area contributed by atoms with E-state index in [-0.39, 0.29) is 36.8 Å². The molecular formula is C17H26Cl2N4O3. The smallest absolute Gasteiger partial charge is 0.298 e. The number of carbonyl (C=O) groups is 1. The molecule has 26 heavy (non-hydrogen) atoms. The molecular weight excluding hydrogens is 379 g/mol. The van der Waals surface area contributed by atoms with Crippen LogP contribution in [0.15, 0.2) is 22.6 Å². The SMILES string of the molecule is COC(CN)CC(=O)N1CCN(c2nc3cc(C)ccc3o2)CC1.Cl.Cl. The average Bonchev–Trinajstić information content (AvgIpc) is 3.02. The lowest BCUT2D eigenvalue weighted by atomic mass is 10.2. The van der Waals surface area contributed by atoms with Crippen molar-refractivity contribution >= 4 is 47.8 Å². The lowest BCUT2D eigenvalue weighted by Gasteiger charge is -2.34. The molecule has 2 N–H and O–H groups in total. The van der Waals surface area contributed by atoms with Crippen molar-refractivity contribution in [2.24, 2.45) is 5.73 Å². The van der Waals surface area contributed by atoms with Gasteiger partial charge in [-0.05, 0) is 24.6 Å². The first kappa shape index (κ1) is 22.5. The Labute approximate surface area is 165 Å². The normalized spacial score (nSPS) is 15.3. The predicted molar refractivity (Wildman–Crippen MR) is 107 cm³/mol. The van der Waals surface area contributed by atoms with Gasteiger partial charge in [-0.3, -0.25) is 4.79 Å². The molecule has 0 radical (unpaired) electrons. The highest BCUT2D eigenvalue weighted by atomic mass is 35.5. The molecule has 3 rings (SSSR count). The fraction of sp³-hybridized carbons (Fsp3) is 0.529. The van der Waals surface area contributed by atoms with Crippen LogP contribution in [0.5, 0.6) is 0 Å². The van der Waals surface area contributed by atoms with Crippen LogP contribution in [0, 0.1) is 6.92 Å². The van der Waals surface area contributed by atoms with E-state index in [1.165, 1.54) is 0 Å². The van der Waals surface area contributed by atoms with E-state index in [2.05, 4.69) is 9.88 Å². The summed E-state index contributed by atoms with van der Waals surface area (Å²) in [4.78, 5) is 20.8. The summed E-state index contributed by atoms with van der Waals surface area (Å²) in [6, 6.07) is 6.59. The molecule has 1 saturated heterocycles. The van der Waals surface area contributed by atoms with Gasteiger partial charge < -0.3 is 24.7 Å². The van der Waals surface area contributed by atoms with Crippen molar-refractivity contribution in [2.45, 2.75) is 19.4 Å². The second kappa shape index (κ2) is 9.97. The van der Waals surface area contributed by atoms with Gasteiger partial charge in [0.1, 0.15) is 5.52 Å². The van der Waals surface area contributed by atoms with Gasteiger partial charge in [0.05, 0.1) is 12.5 Å². The Morgan fingerprint density at radius 3 is 2.62 bits per heavy atom. The molecule has 1 aromatic carbocycles. The average molecular weight is 405 g/mol. The number of benzene rings is 1. The summed E-state index contributed by atoms with van der Waals surface area (Å²) in [6.07, 6.45) is 0.116. The second-order valence-corrected chi connectivity index (χ2v) is 6.13. The number of aromatic nitrogens is 1. The summed E-state index contributed by atoms with van der Waals surface area (Å²) < 4.78 is 11.0. The van der Waals surface area contributed by atoms with E-state index in [4.69, 9.17) is 14.9 Å². The van der Waals surface area contributed by atoms with Gasteiger partial charge in [-0.25, -0.2) is 0 Å². The monoisotopic (exact) mass is 404 g/mol. The van der Waals surface area contributed by atoms with Crippen LogP contribution in [0.3, 0.4) is 0 Å². The quantitative estimate of drug-likeness (QED) is 0.819. The minimum atomic E-state index is -0.212. The molecule has 1 aromatic heterocycles. The molecule has 0 saturated carbocycles. The molecule has 1 amide bonds. The standard InChI is InChI=1S/C17H24N4O3.2ClH/c1-12-3-4-15-14(9-12)19-17(24-15)21-7-5-20(6-8-21)16(22)10-13(11-18)23-2;;/h3-4,9,13H,5-8,10-11,18H2,1-2H3;2*1H. The van der Waals surface area contributed by atoms with E-state index in [0.717, 1.165) is 16.7 Å². The number of ether oxygens (including phenoxy) is 1. The number of oxazole rings is 1. The lowest BCUT2D eigenvalue weighted by molar-refractivity contribution is -0.133. The van der Waals surface area contributed by atoms with Gasteiger partial charge in [0.15, 0.2) is 5.58 Å². The molecule has 0 spiro atoms. The maximum atomic E-state index is 12.3. The molecule has 1 fully saturated rings. The Morgan fingerprint density at radius 1 is 1.31 bits per heavy atom. The van der Waals surface area contributed by atoms with Crippen LogP contribution < -0.4 is 10.6 Å². The van der Waals surface area contributed by atoms with Gasteiger partial charge in [0.25, 0.3) is 6.01 Å². The minimum Gasteiger partial charge on any atom is -0.423 e. The van der Waals surface area contributed by atoms with Gasteiger partial charge in [-0.15, -0.1) is 24.8 Å². The van der Waals surface area contributed by atoms with Gasteiger partial charge in [0, 0.05) is 39.8 Å². The fourth-order valence-corrected chi connectivity index (χ4v) is 2.89. The van der Waals surface area contributed by atoms with Crippen LogP contribution in [-0.4, -0.2) is 61.7 Å². The summed E-state index contributed by atoms with van der Waals surface area (Å²) in [5, 5.41) is 0. The van der Waals surface area contributed by atoms with Gasteiger partial charge in [-0.1, -0.05) is 6.07 Å². The molecule has 1 aliphatic heterocycles. The number of nitrogens with two attached hydrogens (primary N) is 1. The summed E-state index contributed by atoms with van der Waals surface area (Å²) in [6.45, 7) is 5.10. The zero-order valence-corrected chi connectivity index (χ0v) is 16.6. The van der Waals surface area contributed by atoms with Crippen molar-refractivity contribution in [3.63, 3.8) is 0 Å². The Kier molecular flexibility index (Phi) is 8.62. The minimum absolute atomic E-state index is 0. The van der Waals surface area contributed by atoms with Crippen LogP contribution in [0.4, 0.5) is 6.01 Å². The highest BCUT2D eigenvalue weighted by Gasteiger charge is 2.25. The third-order valence-electron chi connectivity index (χ3n) is 4.43. The van der Waals surface area contributed by atoms with Crippen molar-refractivity contribution in [1.29, 1.82) is 0 Å². The summed E-state index contributed by atoms with van der Waals surface area (Å²) in [7, 11) is 1.58. The van der Waals surface area contributed by atoms with Crippen molar-refractivity contribution < 1.29 is 13.9 Å². The highest BCUT2D eigenvalue weighted by molar-refractivity contribution is 5.85. The Bertz CT molecular complexity index is 713. The summed E-state index contributed by atoms with van der Waals surface area (Å²) in [5.41, 5.74) is 8.40. The molecule has 146 valence electrons. The first-order valence-electron chi connectivity index (χ1n) is 8.23. The van der Waals surface area contributed by atoms with Gasteiger partial charge >= 0.3 is 0 Å². The number of halogens is 2. The Hall–Kier alpha value is -1.54. The van der Waals surface area contributed by atoms with Crippen LogP contribution in [0.25, 0.3) is 11.1 Å². The number of methoxy groups -OCH3 is 1. The van der Waals surface area contributed by atoms with Crippen molar-refractivity contribution in [1.82, 2.24) is 9.88 Å². The Morgan fingerprint density at radius 2 is 2.00 bits per heavy atom. The maximum Gasteiger partial charge on any atom is 0.298 e. The number of carbonyl (C=O) groups excluding carboxylic acids is 1. The largest absolute Gasteiger partial charge is 0.423 e. The van der Waals surface area contributed by atoms with E-state index in [9.17, 15) is 4.79 Å². The van der Waals surface area contributed by atoms with Gasteiger partial charge in [0.2, 0.25) is 5.91 Å². The molecule has 7 nitrogen and oxygen atoms in total. The van der Waals surface area contributed by atoms with Crippen LogP contribution >= 0.6 is 24.8 Å². The first-order chi connectivity index (χ1) is 11.6. The number of aryl methyl sites for hydroxylation is 1. The number of fused-ring (bicyclic) bond motifs is 1.